The van der Waals surface area contributed by atoms with E-state index < -0.39 is 0 Å². The Hall–Kier alpha value is -2.20. The van der Waals surface area contributed by atoms with E-state index in [1.165, 1.54) is 12.8 Å². The highest BCUT2D eigenvalue weighted by Crippen LogP contribution is 2.19. The Morgan fingerprint density at radius 3 is 2.71 bits per heavy atom. The van der Waals surface area contributed by atoms with Gasteiger partial charge in [-0.2, -0.15) is 0 Å². The van der Waals surface area contributed by atoms with Gasteiger partial charge in [-0.25, -0.2) is 4.98 Å². The monoisotopic (exact) mass is 281 g/mol. The maximum atomic E-state index is 5.54. The predicted molar refractivity (Wildman–Crippen MR) is 82.9 cm³/mol. The quantitative estimate of drug-likeness (QED) is 0.847. The number of aromatic nitrogens is 2. The normalized spacial score (nSPS) is 14.5. The lowest BCUT2D eigenvalue weighted by Gasteiger charge is -2.04. The van der Waals surface area contributed by atoms with Gasteiger partial charge in [-0.3, -0.25) is 4.98 Å². The predicted octanol–water partition coefficient (Wildman–Crippen LogP) is 2.82. The molecular weight excluding hydrogens is 262 g/mol. The molecule has 1 fully saturated rings. The van der Waals surface area contributed by atoms with Crippen molar-refractivity contribution in [3.63, 3.8) is 0 Å². The van der Waals surface area contributed by atoms with Crippen LogP contribution in [0.1, 0.15) is 24.1 Å². The summed E-state index contributed by atoms with van der Waals surface area (Å²) in [7, 11) is 0. The molecule has 108 valence electrons. The molecule has 0 saturated heterocycles. The fourth-order valence-electron chi connectivity index (χ4n) is 1.93. The minimum atomic E-state index is 0.489. The van der Waals surface area contributed by atoms with Gasteiger partial charge in [0.1, 0.15) is 6.61 Å². The third kappa shape index (κ3) is 4.68. The summed E-state index contributed by atoms with van der Waals surface area (Å²) in [6, 6.07) is 10.8. The van der Waals surface area contributed by atoms with E-state index in [4.69, 9.17) is 4.74 Å². The summed E-state index contributed by atoms with van der Waals surface area (Å²) in [6.07, 6.45) is 10.0. The number of benzene rings is 1. The maximum absolute atomic E-state index is 5.54. The van der Waals surface area contributed by atoms with Crippen LogP contribution in [0.15, 0.2) is 48.8 Å². The van der Waals surface area contributed by atoms with Crippen LogP contribution in [0.2, 0.25) is 0 Å². The van der Waals surface area contributed by atoms with Crippen molar-refractivity contribution >= 4 is 6.08 Å². The van der Waals surface area contributed by atoms with Gasteiger partial charge in [-0.05, 0) is 24.5 Å². The van der Waals surface area contributed by atoms with Crippen LogP contribution in [0.5, 0.6) is 5.88 Å². The molecule has 4 nitrogen and oxygen atoms in total. The van der Waals surface area contributed by atoms with Crippen LogP contribution in [-0.4, -0.2) is 22.6 Å². The fourth-order valence-corrected chi connectivity index (χ4v) is 1.93. The largest absolute Gasteiger partial charge is 0.472 e. The highest BCUT2D eigenvalue weighted by atomic mass is 16.5. The highest BCUT2D eigenvalue weighted by molar-refractivity contribution is 5.48. The van der Waals surface area contributed by atoms with Crippen molar-refractivity contribution in [1.82, 2.24) is 15.3 Å². The zero-order chi connectivity index (χ0) is 14.3. The molecule has 0 spiro atoms. The molecule has 1 N–H and O–H groups in total. The van der Waals surface area contributed by atoms with E-state index in [0.717, 1.165) is 17.8 Å². The topological polar surface area (TPSA) is 47.0 Å². The molecule has 1 aliphatic carbocycles. The number of hydrogen-bond donors (Lipinski definition) is 1. The van der Waals surface area contributed by atoms with Crippen molar-refractivity contribution in [2.75, 3.05) is 6.61 Å². The van der Waals surface area contributed by atoms with Gasteiger partial charge in [0, 0.05) is 12.6 Å². The first kappa shape index (κ1) is 13.8. The summed E-state index contributed by atoms with van der Waals surface area (Å²) in [5, 5.41) is 3.41. The average Bonchev–Trinajstić information content (AvgIpc) is 3.36. The van der Waals surface area contributed by atoms with Crippen molar-refractivity contribution < 1.29 is 4.74 Å². The molecule has 0 atom stereocenters. The molecular formula is C17H19N3O. The Bertz CT molecular complexity index is 577. The average molecular weight is 281 g/mol. The summed E-state index contributed by atoms with van der Waals surface area (Å²) in [5.41, 5.74) is 2.11. The first-order valence-electron chi connectivity index (χ1n) is 7.29. The molecule has 3 rings (SSSR count). The molecule has 1 aromatic carbocycles. The first-order chi connectivity index (χ1) is 10.4. The molecule has 1 aromatic heterocycles. The van der Waals surface area contributed by atoms with E-state index in [0.29, 0.717) is 18.5 Å². The molecule has 0 radical (unpaired) electrons. The van der Waals surface area contributed by atoms with Crippen molar-refractivity contribution in [1.29, 1.82) is 0 Å². The Morgan fingerprint density at radius 2 is 2.00 bits per heavy atom. The summed E-state index contributed by atoms with van der Waals surface area (Å²) >= 11 is 0. The number of rotatable bonds is 7. The van der Waals surface area contributed by atoms with Crippen LogP contribution in [0.4, 0.5) is 0 Å². The van der Waals surface area contributed by atoms with E-state index in [1.54, 1.807) is 12.4 Å². The van der Waals surface area contributed by atoms with Crippen molar-refractivity contribution in [3.05, 3.63) is 60.1 Å². The van der Waals surface area contributed by atoms with E-state index in [9.17, 15) is 0 Å². The minimum Gasteiger partial charge on any atom is -0.472 e. The van der Waals surface area contributed by atoms with Crippen LogP contribution in [0.25, 0.3) is 6.08 Å². The third-order valence-corrected chi connectivity index (χ3v) is 3.27. The molecule has 21 heavy (non-hydrogen) atoms. The fraction of sp³-hybridized carbons (Fsp3) is 0.294. The number of nitrogens with one attached hydrogen (secondary N) is 1. The minimum absolute atomic E-state index is 0.489. The lowest BCUT2D eigenvalue weighted by atomic mass is 10.2. The van der Waals surface area contributed by atoms with E-state index in [-0.39, 0.29) is 0 Å². The molecule has 2 aromatic rings. The first-order valence-corrected chi connectivity index (χ1v) is 7.29. The molecule has 0 amide bonds. The van der Waals surface area contributed by atoms with Gasteiger partial charge in [0.2, 0.25) is 5.88 Å². The van der Waals surface area contributed by atoms with Crippen LogP contribution in [0, 0.1) is 0 Å². The molecule has 0 aliphatic heterocycles. The van der Waals surface area contributed by atoms with Gasteiger partial charge < -0.3 is 10.1 Å². The second-order valence-electron chi connectivity index (χ2n) is 5.13. The zero-order valence-electron chi connectivity index (χ0n) is 11.9. The number of ether oxygens (including phenoxy) is 1. The molecule has 1 aliphatic rings. The van der Waals surface area contributed by atoms with Gasteiger partial charge in [0.25, 0.3) is 0 Å². The van der Waals surface area contributed by atoms with Crippen molar-refractivity contribution in [2.24, 2.45) is 0 Å². The second-order valence-corrected chi connectivity index (χ2v) is 5.13. The van der Waals surface area contributed by atoms with E-state index >= 15 is 0 Å². The molecule has 1 heterocycles. The smallest absolute Gasteiger partial charge is 0.232 e. The lowest BCUT2D eigenvalue weighted by molar-refractivity contribution is 0.346. The molecule has 0 bridgehead atoms. The van der Waals surface area contributed by atoms with E-state index in [1.807, 2.05) is 30.4 Å². The summed E-state index contributed by atoms with van der Waals surface area (Å²) in [6.45, 7) is 1.27. The van der Waals surface area contributed by atoms with Gasteiger partial charge in [0.05, 0.1) is 18.1 Å². The van der Waals surface area contributed by atoms with Crippen LogP contribution >= 0.6 is 0 Å². The third-order valence-electron chi connectivity index (χ3n) is 3.27. The summed E-state index contributed by atoms with van der Waals surface area (Å²) in [4.78, 5) is 8.60. The SMILES string of the molecule is C(=C\c1ccccc1)/COc1cnc(CNC2CC2)cn1. The van der Waals surface area contributed by atoms with Crippen molar-refractivity contribution in [2.45, 2.75) is 25.4 Å². The lowest BCUT2D eigenvalue weighted by Crippen LogP contribution is -2.16. The standard InChI is InChI=1S/C17H19N3O/c1-2-5-14(6-3-1)7-4-10-21-17-13-19-16(12-20-17)11-18-15-8-9-15/h1-7,12-13,15,18H,8-11H2/b7-4+. The van der Waals surface area contributed by atoms with Gasteiger partial charge in [-0.1, -0.05) is 36.4 Å². The van der Waals surface area contributed by atoms with Gasteiger partial charge >= 0.3 is 0 Å². The zero-order valence-corrected chi connectivity index (χ0v) is 11.9. The highest BCUT2D eigenvalue weighted by Gasteiger charge is 2.20. The van der Waals surface area contributed by atoms with E-state index in [2.05, 4.69) is 27.4 Å². The number of nitrogens with zero attached hydrogens (tertiary/aromatic N) is 2. The Kier molecular flexibility index (Phi) is 4.59. The Labute approximate surface area is 124 Å². The van der Waals surface area contributed by atoms with Crippen molar-refractivity contribution in [3.8, 4) is 5.88 Å². The van der Waals surface area contributed by atoms with Gasteiger partial charge in [-0.15, -0.1) is 0 Å². The Morgan fingerprint density at radius 1 is 1.14 bits per heavy atom. The number of hydrogen-bond acceptors (Lipinski definition) is 4. The maximum Gasteiger partial charge on any atom is 0.232 e. The second kappa shape index (κ2) is 6.99. The molecule has 4 heteroatoms. The summed E-state index contributed by atoms with van der Waals surface area (Å²) < 4.78 is 5.54. The van der Waals surface area contributed by atoms with Crippen LogP contribution in [-0.2, 0) is 6.54 Å². The summed E-state index contributed by atoms with van der Waals surface area (Å²) in [5.74, 6) is 0.558. The van der Waals surface area contributed by atoms with Crippen LogP contribution in [0.3, 0.4) is 0 Å². The van der Waals surface area contributed by atoms with Gasteiger partial charge in [0.15, 0.2) is 0 Å². The Balaban J connectivity index is 1.43. The molecule has 1 saturated carbocycles. The molecule has 0 unspecified atom stereocenters. The van der Waals surface area contributed by atoms with Crippen LogP contribution < -0.4 is 10.1 Å².